The Hall–Kier alpha value is -0.880. The molecule has 1 aliphatic heterocycles. The summed E-state index contributed by atoms with van der Waals surface area (Å²) in [7, 11) is -3.01. The van der Waals surface area contributed by atoms with E-state index in [-0.39, 0.29) is 5.75 Å². The van der Waals surface area contributed by atoms with Gasteiger partial charge in [-0.05, 0) is 25.8 Å². The van der Waals surface area contributed by atoms with Crippen LogP contribution in [0.5, 0.6) is 0 Å². The third-order valence-corrected chi connectivity index (χ3v) is 4.96. The van der Waals surface area contributed by atoms with Gasteiger partial charge in [0.1, 0.15) is 0 Å². The highest BCUT2D eigenvalue weighted by Gasteiger charge is 2.27. The van der Waals surface area contributed by atoms with Gasteiger partial charge in [-0.25, -0.2) is 12.7 Å². The molecule has 5 nitrogen and oxygen atoms in total. The number of hydrogen-bond donors (Lipinski definition) is 0. The molecule has 0 atom stereocenters. The Kier molecular flexibility index (Phi) is 3.30. The summed E-state index contributed by atoms with van der Waals surface area (Å²) in [5.41, 5.74) is 0. The Morgan fingerprint density at radius 2 is 2.06 bits per heavy atom. The smallest absolute Gasteiger partial charge is 0.213 e. The molecule has 0 amide bonds. The summed E-state index contributed by atoms with van der Waals surface area (Å²) in [6, 6.07) is 2.24. The van der Waals surface area contributed by atoms with Gasteiger partial charge >= 0.3 is 0 Å². The van der Waals surface area contributed by atoms with Gasteiger partial charge in [0.15, 0.2) is 0 Å². The van der Waals surface area contributed by atoms with Crippen molar-refractivity contribution in [3.05, 3.63) is 18.5 Å². The van der Waals surface area contributed by atoms with Gasteiger partial charge in [-0.3, -0.25) is 4.68 Å². The Bertz CT molecular complexity index is 419. The summed E-state index contributed by atoms with van der Waals surface area (Å²) >= 11 is 0. The van der Waals surface area contributed by atoms with Gasteiger partial charge in [-0.1, -0.05) is 0 Å². The molecule has 1 aromatic heterocycles. The van der Waals surface area contributed by atoms with Crippen molar-refractivity contribution >= 4 is 10.0 Å². The molecule has 1 saturated heterocycles. The molecule has 90 valence electrons. The maximum Gasteiger partial charge on any atom is 0.213 e. The lowest BCUT2D eigenvalue weighted by molar-refractivity contribution is 0.261. The predicted octanol–water partition coefficient (Wildman–Crippen LogP) is 0.870. The second-order valence-corrected chi connectivity index (χ2v) is 6.27. The van der Waals surface area contributed by atoms with Crippen LogP contribution < -0.4 is 0 Å². The summed E-state index contributed by atoms with van der Waals surface area (Å²) in [5, 5.41) is 4.20. The van der Waals surface area contributed by atoms with E-state index in [1.165, 1.54) is 0 Å². The first-order valence-corrected chi connectivity index (χ1v) is 7.21. The lowest BCUT2D eigenvalue weighted by Crippen LogP contribution is -2.39. The minimum absolute atomic E-state index is 0.194. The molecule has 0 saturated carbocycles. The molecule has 0 aromatic carbocycles. The first-order valence-electron chi connectivity index (χ1n) is 5.60. The summed E-state index contributed by atoms with van der Waals surface area (Å²) in [6.45, 7) is 2.91. The van der Waals surface area contributed by atoms with Crippen molar-refractivity contribution in [1.29, 1.82) is 0 Å². The topological polar surface area (TPSA) is 55.2 Å². The van der Waals surface area contributed by atoms with Crippen molar-refractivity contribution in [2.45, 2.75) is 25.8 Å². The third kappa shape index (κ3) is 2.27. The number of nitrogens with zero attached hydrogens (tertiary/aromatic N) is 3. The van der Waals surface area contributed by atoms with Crippen molar-refractivity contribution < 1.29 is 8.42 Å². The van der Waals surface area contributed by atoms with Gasteiger partial charge in [0.05, 0.1) is 11.8 Å². The molecule has 2 rings (SSSR count). The van der Waals surface area contributed by atoms with Gasteiger partial charge in [0.25, 0.3) is 0 Å². The largest absolute Gasteiger partial charge is 0.270 e. The fourth-order valence-corrected chi connectivity index (χ4v) is 3.20. The molecule has 0 bridgehead atoms. The van der Waals surface area contributed by atoms with Gasteiger partial charge < -0.3 is 0 Å². The van der Waals surface area contributed by atoms with Crippen molar-refractivity contribution in [3.63, 3.8) is 0 Å². The highest BCUT2D eigenvalue weighted by molar-refractivity contribution is 7.89. The van der Waals surface area contributed by atoms with Crippen molar-refractivity contribution in [2.24, 2.45) is 0 Å². The normalized spacial score (nSPS) is 20.1. The average Bonchev–Trinajstić information content (AvgIpc) is 2.83. The Morgan fingerprint density at radius 3 is 2.56 bits per heavy atom. The fourth-order valence-electron chi connectivity index (χ4n) is 2.06. The maximum absolute atomic E-state index is 11.7. The Labute approximate surface area is 96.1 Å². The predicted molar refractivity (Wildman–Crippen MR) is 61.5 cm³/mol. The van der Waals surface area contributed by atoms with Crippen LogP contribution in [0.15, 0.2) is 18.5 Å². The zero-order valence-corrected chi connectivity index (χ0v) is 10.2. The standard InChI is InChI=1S/C10H17N3O2S/c1-2-16(14,15)12-8-4-10(5-9-12)13-7-3-6-11-13/h3,6-7,10H,2,4-5,8-9H2,1H3. The molecule has 1 aliphatic rings. The van der Waals surface area contributed by atoms with Crippen molar-refractivity contribution in [2.75, 3.05) is 18.8 Å². The minimum Gasteiger partial charge on any atom is -0.270 e. The van der Waals surface area contributed by atoms with E-state index < -0.39 is 10.0 Å². The summed E-state index contributed by atoms with van der Waals surface area (Å²) in [4.78, 5) is 0. The number of aromatic nitrogens is 2. The maximum atomic E-state index is 11.7. The van der Waals surface area contributed by atoms with E-state index >= 15 is 0 Å². The summed E-state index contributed by atoms with van der Waals surface area (Å²) < 4.78 is 26.8. The summed E-state index contributed by atoms with van der Waals surface area (Å²) in [6.07, 6.45) is 5.39. The Morgan fingerprint density at radius 1 is 1.38 bits per heavy atom. The van der Waals surface area contributed by atoms with E-state index in [0.717, 1.165) is 12.8 Å². The van der Waals surface area contributed by atoms with Crippen LogP contribution in [0.1, 0.15) is 25.8 Å². The number of hydrogen-bond acceptors (Lipinski definition) is 3. The van der Waals surface area contributed by atoms with Crippen LogP contribution >= 0.6 is 0 Å². The molecular formula is C10H17N3O2S. The van der Waals surface area contributed by atoms with Gasteiger partial charge in [-0.15, -0.1) is 0 Å². The fraction of sp³-hybridized carbons (Fsp3) is 0.700. The average molecular weight is 243 g/mol. The summed E-state index contributed by atoms with van der Waals surface area (Å²) in [5.74, 6) is 0.194. The van der Waals surface area contributed by atoms with Crippen molar-refractivity contribution in [3.8, 4) is 0 Å². The Balaban J connectivity index is 1.98. The molecule has 1 fully saturated rings. The lowest BCUT2D eigenvalue weighted by atomic mass is 10.1. The van der Waals surface area contributed by atoms with E-state index in [9.17, 15) is 8.42 Å². The van der Waals surface area contributed by atoms with Crippen LogP contribution in [0.2, 0.25) is 0 Å². The van der Waals surface area contributed by atoms with Gasteiger partial charge in [0, 0.05) is 25.5 Å². The molecule has 1 aromatic rings. The molecular weight excluding hydrogens is 226 g/mol. The van der Waals surface area contributed by atoms with Crippen LogP contribution in [0.25, 0.3) is 0 Å². The van der Waals surface area contributed by atoms with E-state index in [2.05, 4.69) is 5.10 Å². The van der Waals surface area contributed by atoms with Crippen LogP contribution in [0, 0.1) is 0 Å². The third-order valence-electron chi connectivity index (χ3n) is 3.08. The first kappa shape index (κ1) is 11.6. The SMILES string of the molecule is CCS(=O)(=O)N1CCC(n2cccn2)CC1. The van der Waals surface area contributed by atoms with E-state index in [1.54, 1.807) is 17.4 Å². The highest BCUT2D eigenvalue weighted by Crippen LogP contribution is 2.23. The molecule has 0 radical (unpaired) electrons. The molecule has 0 N–H and O–H groups in total. The van der Waals surface area contributed by atoms with Crippen LogP contribution in [0.3, 0.4) is 0 Å². The van der Waals surface area contributed by atoms with E-state index in [4.69, 9.17) is 0 Å². The molecule has 0 unspecified atom stereocenters. The number of piperidine rings is 1. The lowest BCUT2D eigenvalue weighted by Gasteiger charge is -2.30. The van der Waals surface area contributed by atoms with E-state index in [0.29, 0.717) is 19.1 Å². The van der Waals surface area contributed by atoms with Gasteiger partial charge in [0.2, 0.25) is 10.0 Å². The van der Waals surface area contributed by atoms with Gasteiger partial charge in [-0.2, -0.15) is 5.10 Å². The quantitative estimate of drug-likeness (QED) is 0.791. The second-order valence-electron chi connectivity index (χ2n) is 4.02. The zero-order valence-electron chi connectivity index (χ0n) is 9.41. The monoisotopic (exact) mass is 243 g/mol. The molecule has 0 aliphatic carbocycles. The molecule has 2 heterocycles. The zero-order chi connectivity index (χ0) is 11.6. The van der Waals surface area contributed by atoms with Crippen LogP contribution in [-0.4, -0.2) is 41.3 Å². The van der Waals surface area contributed by atoms with Crippen molar-refractivity contribution in [1.82, 2.24) is 14.1 Å². The van der Waals surface area contributed by atoms with Crippen LogP contribution in [-0.2, 0) is 10.0 Å². The second kappa shape index (κ2) is 4.55. The van der Waals surface area contributed by atoms with E-state index in [1.807, 2.05) is 16.9 Å². The first-order chi connectivity index (χ1) is 7.63. The minimum atomic E-state index is -3.01. The van der Waals surface area contributed by atoms with Crippen LogP contribution in [0.4, 0.5) is 0 Å². The number of sulfonamides is 1. The molecule has 16 heavy (non-hydrogen) atoms. The highest BCUT2D eigenvalue weighted by atomic mass is 32.2. The molecule has 0 spiro atoms. The number of rotatable bonds is 3. The molecule has 6 heteroatoms.